The quantitative estimate of drug-likeness (QED) is 0.666. The van der Waals surface area contributed by atoms with Crippen molar-refractivity contribution in [1.29, 1.82) is 0 Å². The number of morpholine rings is 2. The maximum Gasteiger partial charge on any atom is 0.254 e. The third-order valence-electron chi connectivity index (χ3n) is 5.60. The van der Waals surface area contributed by atoms with Gasteiger partial charge in [0.05, 0.1) is 31.8 Å². The van der Waals surface area contributed by atoms with E-state index in [1.807, 2.05) is 42.2 Å². The Bertz CT molecular complexity index is 1070. The summed E-state index contributed by atoms with van der Waals surface area (Å²) in [5.41, 5.74) is 3.37. The molecule has 2 aromatic heterocycles. The smallest absolute Gasteiger partial charge is 0.254 e. The molecule has 2 saturated heterocycles. The summed E-state index contributed by atoms with van der Waals surface area (Å²) in [5, 5.41) is 4.34. The van der Waals surface area contributed by atoms with Crippen molar-refractivity contribution in [3.63, 3.8) is 0 Å². The molecular formula is C22H26N6O3. The zero-order chi connectivity index (χ0) is 21.2. The van der Waals surface area contributed by atoms with Crippen molar-refractivity contribution in [3.05, 3.63) is 41.6 Å². The summed E-state index contributed by atoms with van der Waals surface area (Å²) in [6, 6.07) is 9.57. The number of carbonyl (C=O) groups excluding carboxylic acids is 1. The number of rotatable bonds is 4. The molecule has 0 saturated carbocycles. The van der Waals surface area contributed by atoms with Crippen molar-refractivity contribution < 1.29 is 14.3 Å². The van der Waals surface area contributed by atoms with E-state index in [1.165, 1.54) is 0 Å². The van der Waals surface area contributed by atoms with Gasteiger partial charge >= 0.3 is 0 Å². The van der Waals surface area contributed by atoms with Crippen LogP contribution in [0, 0.1) is 6.92 Å². The van der Waals surface area contributed by atoms with Gasteiger partial charge in [0.2, 0.25) is 5.95 Å². The highest BCUT2D eigenvalue weighted by Gasteiger charge is 2.20. The number of nitrogens with one attached hydrogen (secondary N) is 2. The van der Waals surface area contributed by atoms with Gasteiger partial charge in [0.25, 0.3) is 5.91 Å². The second kappa shape index (κ2) is 8.52. The van der Waals surface area contributed by atoms with E-state index < -0.39 is 0 Å². The molecule has 2 fully saturated rings. The first kappa shape index (κ1) is 19.8. The lowest BCUT2D eigenvalue weighted by molar-refractivity contribution is 0.0303. The molecule has 2 aliphatic rings. The van der Waals surface area contributed by atoms with Crippen LogP contribution in [0.3, 0.4) is 0 Å². The standard InChI is InChI=1S/C22H26N6O3/c1-15-14-18-19(23-15)25-22(28-8-12-31-13-9-28)26-20(18)24-17-4-2-16(3-5-17)21(29)27-6-10-30-11-7-27/h2-5,14H,6-13H2,1H3,(H2,23,24,25,26). The van der Waals surface area contributed by atoms with E-state index in [0.717, 1.165) is 41.3 Å². The van der Waals surface area contributed by atoms with Gasteiger partial charge in [-0.15, -0.1) is 0 Å². The molecule has 31 heavy (non-hydrogen) atoms. The molecular weight excluding hydrogens is 396 g/mol. The van der Waals surface area contributed by atoms with Crippen molar-refractivity contribution in [2.45, 2.75) is 6.92 Å². The van der Waals surface area contributed by atoms with Gasteiger partial charge in [0, 0.05) is 43.1 Å². The molecule has 1 amide bonds. The Kier molecular flexibility index (Phi) is 5.44. The van der Waals surface area contributed by atoms with Gasteiger partial charge in [0.1, 0.15) is 11.5 Å². The number of hydrogen-bond donors (Lipinski definition) is 2. The minimum Gasteiger partial charge on any atom is -0.378 e. The molecule has 0 bridgehead atoms. The zero-order valence-electron chi connectivity index (χ0n) is 17.6. The Morgan fingerprint density at radius 2 is 1.68 bits per heavy atom. The van der Waals surface area contributed by atoms with Gasteiger partial charge in [-0.1, -0.05) is 0 Å². The lowest BCUT2D eigenvalue weighted by Crippen LogP contribution is -2.40. The number of aryl methyl sites for hydroxylation is 1. The maximum atomic E-state index is 12.7. The van der Waals surface area contributed by atoms with Crippen LogP contribution in [0.5, 0.6) is 0 Å². The number of aromatic nitrogens is 3. The van der Waals surface area contributed by atoms with Crippen LogP contribution in [0.1, 0.15) is 16.1 Å². The lowest BCUT2D eigenvalue weighted by Gasteiger charge is -2.27. The normalized spacial score (nSPS) is 17.2. The molecule has 0 atom stereocenters. The molecule has 0 spiro atoms. The minimum absolute atomic E-state index is 0.0372. The number of aromatic amines is 1. The largest absolute Gasteiger partial charge is 0.378 e. The van der Waals surface area contributed by atoms with Crippen molar-refractivity contribution >= 4 is 34.4 Å². The zero-order valence-corrected chi connectivity index (χ0v) is 17.6. The fraction of sp³-hybridized carbons (Fsp3) is 0.409. The van der Waals surface area contributed by atoms with Crippen LogP contribution < -0.4 is 10.2 Å². The number of anilines is 3. The van der Waals surface area contributed by atoms with Crippen molar-refractivity contribution in [2.75, 3.05) is 62.8 Å². The Morgan fingerprint density at radius 1 is 1.00 bits per heavy atom. The van der Waals surface area contributed by atoms with Crippen molar-refractivity contribution in [1.82, 2.24) is 19.9 Å². The van der Waals surface area contributed by atoms with E-state index in [1.54, 1.807) is 0 Å². The van der Waals surface area contributed by atoms with Crippen LogP contribution in [-0.2, 0) is 9.47 Å². The molecule has 2 N–H and O–H groups in total. The third-order valence-corrected chi connectivity index (χ3v) is 5.60. The first-order valence-corrected chi connectivity index (χ1v) is 10.6. The number of amides is 1. The van der Waals surface area contributed by atoms with E-state index in [0.29, 0.717) is 51.0 Å². The number of carbonyl (C=O) groups is 1. The molecule has 9 heteroatoms. The molecule has 0 radical (unpaired) electrons. The van der Waals surface area contributed by atoms with Crippen LogP contribution in [-0.4, -0.2) is 78.4 Å². The number of fused-ring (bicyclic) bond motifs is 1. The maximum absolute atomic E-state index is 12.7. The summed E-state index contributed by atoms with van der Waals surface area (Å²) < 4.78 is 10.8. The predicted octanol–water partition coefficient (Wildman–Crippen LogP) is 2.32. The average Bonchev–Trinajstić information content (AvgIpc) is 3.21. The lowest BCUT2D eigenvalue weighted by atomic mass is 10.1. The summed E-state index contributed by atoms with van der Waals surface area (Å²) in [4.78, 5) is 29.5. The number of hydrogen-bond acceptors (Lipinski definition) is 7. The Balaban J connectivity index is 1.39. The van der Waals surface area contributed by atoms with Crippen LogP contribution in [0.15, 0.2) is 30.3 Å². The highest BCUT2D eigenvalue weighted by atomic mass is 16.5. The molecule has 2 aliphatic heterocycles. The molecule has 3 aromatic rings. The van der Waals surface area contributed by atoms with Gasteiger partial charge in [-0.3, -0.25) is 4.79 Å². The summed E-state index contributed by atoms with van der Waals surface area (Å²) in [7, 11) is 0. The number of benzene rings is 1. The highest BCUT2D eigenvalue weighted by Crippen LogP contribution is 2.27. The second-order valence-corrected chi connectivity index (χ2v) is 7.79. The van der Waals surface area contributed by atoms with Crippen LogP contribution in [0.4, 0.5) is 17.5 Å². The first-order chi connectivity index (χ1) is 15.2. The first-order valence-electron chi connectivity index (χ1n) is 10.6. The predicted molar refractivity (Wildman–Crippen MR) is 118 cm³/mol. The van der Waals surface area contributed by atoms with Crippen LogP contribution in [0.2, 0.25) is 0 Å². The summed E-state index contributed by atoms with van der Waals surface area (Å²) in [6.07, 6.45) is 0. The van der Waals surface area contributed by atoms with E-state index in [9.17, 15) is 4.79 Å². The van der Waals surface area contributed by atoms with Gasteiger partial charge in [0.15, 0.2) is 0 Å². The summed E-state index contributed by atoms with van der Waals surface area (Å²) >= 11 is 0. The highest BCUT2D eigenvalue weighted by molar-refractivity contribution is 5.95. The summed E-state index contributed by atoms with van der Waals surface area (Å²) in [6.45, 7) is 7.34. The Labute approximate surface area is 180 Å². The number of nitrogens with zero attached hydrogens (tertiary/aromatic N) is 4. The summed E-state index contributed by atoms with van der Waals surface area (Å²) in [5.74, 6) is 1.46. The van der Waals surface area contributed by atoms with E-state index in [-0.39, 0.29) is 5.91 Å². The molecule has 0 unspecified atom stereocenters. The fourth-order valence-electron chi connectivity index (χ4n) is 3.91. The van der Waals surface area contributed by atoms with Crippen LogP contribution in [0.25, 0.3) is 11.0 Å². The van der Waals surface area contributed by atoms with Crippen molar-refractivity contribution in [3.8, 4) is 0 Å². The number of ether oxygens (including phenoxy) is 2. The van der Waals surface area contributed by atoms with Gasteiger partial charge in [-0.25, -0.2) is 0 Å². The molecule has 0 aliphatic carbocycles. The Morgan fingerprint density at radius 3 is 2.39 bits per heavy atom. The molecule has 5 rings (SSSR count). The molecule has 9 nitrogen and oxygen atoms in total. The SMILES string of the molecule is Cc1cc2c(Nc3ccc(C(=O)N4CCOCC4)cc3)nc(N3CCOCC3)nc2[nH]1. The fourth-order valence-corrected chi connectivity index (χ4v) is 3.91. The van der Waals surface area contributed by atoms with E-state index in [2.05, 4.69) is 15.2 Å². The Hall–Kier alpha value is -3.17. The van der Waals surface area contributed by atoms with Gasteiger partial charge < -0.3 is 29.6 Å². The number of H-pyrrole nitrogens is 1. The molecule has 4 heterocycles. The topological polar surface area (TPSA) is 95.6 Å². The van der Waals surface area contributed by atoms with Crippen molar-refractivity contribution in [2.24, 2.45) is 0 Å². The van der Waals surface area contributed by atoms with Gasteiger partial charge in [-0.2, -0.15) is 9.97 Å². The van der Waals surface area contributed by atoms with Gasteiger partial charge in [-0.05, 0) is 37.3 Å². The van der Waals surface area contributed by atoms with E-state index in [4.69, 9.17) is 19.4 Å². The third kappa shape index (κ3) is 4.19. The molecule has 1 aromatic carbocycles. The minimum atomic E-state index is 0.0372. The monoisotopic (exact) mass is 422 g/mol. The van der Waals surface area contributed by atoms with E-state index >= 15 is 0 Å². The second-order valence-electron chi connectivity index (χ2n) is 7.79. The van der Waals surface area contributed by atoms with Crippen LogP contribution >= 0.6 is 0 Å². The average molecular weight is 422 g/mol. The molecule has 162 valence electrons.